The van der Waals surface area contributed by atoms with Crippen molar-refractivity contribution >= 4 is 19.8 Å². The van der Waals surface area contributed by atoms with Gasteiger partial charge in [-0.3, -0.25) is 18.6 Å². The zero-order valence-electron chi connectivity index (χ0n) is 64.7. The number of phosphoric acid groups is 1. The Morgan fingerprint density at radius 3 is 0.778 bits per heavy atom. The van der Waals surface area contributed by atoms with Crippen LogP contribution in [0.4, 0.5) is 0 Å². The summed E-state index contributed by atoms with van der Waals surface area (Å²) in [6.07, 6.45) is 118. The van der Waals surface area contributed by atoms with Gasteiger partial charge in [-0.1, -0.05) is 405 Å². The van der Waals surface area contributed by atoms with Gasteiger partial charge in [0.25, 0.3) is 0 Å². The van der Waals surface area contributed by atoms with Crippen molar-refractivity contribution < 1.29 is 37.6 Å². The van der Waals surface area contributed by atoms with Gasteiger partial charge in [-0.25, -0.2) is 4.57 Å². The molecule has 0 bridgehead atoms. The minimum absolute atomic E-state index is 0.0532. The van der Waals surface area contributed by atoms with E-state index >= 15 is 0 Å². The van der Waals surface area contributed by atoms with Gasteiger partial charge >= 0.3 is 19.8 Å². The number of phosphoric ester groups is 1. The highest BCUT2D eigenvalue weighted by Gasteiger charge is 2.26. The molecule has 0 rings (SSSR count). The fourth-order valence-corrected chi connectivity index (χ4v) is 13.0. The first kappa shape index (κ1) is 95.4. The minimum atomic E-state index is -4.40. The second-order valence-corrected chi connectivity index (χ2v) is 29.4. The highest BCUT2D eigenvalue weighted by molar-refractivity contribution is 7.47. The predicted octanol–water partition coefficient (Wildman–Crippen LogP) is 28.5. The molecule has 0 aromatic heterocycles. The Balaban J connectivity index is 3.75. The molecular formula is C89H158NO8P. The number of allylic oxidation sites excluding steroid dienone is 20. The minimum Gasteiger partial charge on any atom is -0.462 e. The Morgan fingerprint density at radius 2 is 0.525 bits per heavy atom. The Labute approximate surface area is 612 Å². The monoisotopic (exact) mass is 1400 g/mol. The van der Waals surface area contributed by atoms with Crippen molar-refractivity contribution in [2.75, 3.05) is 26.4 Å². The fraction of sp³-hybridized carbons (Fsp3) is 0.753. The first-order valence-corrected chi connectivity index (χ1v) is 43.5. The van der Waals surface area contributed by atoms with Gasteiger partial charge < -0.3 is 20.1 Å². The third-order valence-electron chi connectivity index (χ3n) is 18.3. The van der Waals surface area contributed by atoms with Crippen LogP contribution in [0.25, 0.3) is 0 Å². The topological polar surface area (TPSA) is 134 Å². The summed E-state index contributed by atoms with van der Waals surface area (Å²) in [4.78, 5) is 35.5. The van der Waals surface area contributed by atoms with Gasteiger partial charge in [-0.15, -0.1) is 0 Å². The van der Waals surface area contributed by atoms with Gasteiger partial charge in [0.15, 0.2) is 6.10 Å². The maximum atomic E-state index is 12.8. The molecule has 10 heteroatoms. The van der Waals surface area contributed by atoms with Crippen molar-refractivity contribution in [3.63, 3.8) is 0 Å². The van der Waals surface area contributed by atoms with Gasteiger partial charge in [0, 0.05) is 19.4 Å². The molecule has 0 aromatic rings. The van der Waals surface area contributed by atoms with E-state index in [4.69, 9.17) is 24.3 Å². The number of unbranched alkanes of at least 4 members (excludes halogenated alkanes) is 46. The van der Waals surface area contributed by atoms with Crippen molar-refractivity contribution in [1.29, 1.82) is 0 Å². The maximum absolute atomic E-state index is 12.8. The molecule has 0 aliphatic heterocycles. The van der Waals surface area contributed by atoms with Crippen molar-refractivity contribution in [2.24, 2.45) is 5.73 Å². The Hall–Kier alpha value is -3.59. The summed E-state index contributed by atoms with van der Waals surface area (Å²) >= 11 is 0. The molecule has 9 nitrogen and oxygen atoms in total. The summed E-state index contributed by atoms with van der Waals surface area (Å²) in [6, 6.07) is 0. The molecule has 0 saturated heterocycles. The van der Waals surface area contributed by atoms with E-state index in [1.165, 1.54) is 270 Å². The first-order chi connectivity index (χ1) is 48.8. The van der Waals surface area contributed by atoms with Crippen molar-refractivity contribution in [3.05, 3.63) is 122 Å². The van der Waals surface area contributed by atoms with E-state index in [-0.39, 0.29) is 38.6 Å². The molecule has 0 fully saturated rings. The standard InChI is InChI=1S/C89H158NO8P/c1-3-5-7-9-11-13-15-17-19-21-23-25-27-29-31-33-35-37-39-41-42-43-44-46-48-50-52-54-56-58-60-62-64-66-68-70-72-74-76-78-80-82-89(92)98-87(86-97-99(93,94)96-84-83-90)85-95-88(91)81-79-77-75-73-71-69-67-65-63-61-59-57-55-53-51-49-47-45-40-38-36-34-32-30-28-26-24-22-20-18-16-14-12-10-8-6-4-2/h5-8,11-14,17-20,23-26,29,31,35,37,87H,3-4,9-10,15-16,21-22,27-28,30,32-34,36,38-86,90H2,1-2H3,(H,93,94)/b7-5-,8-6-,13-11-,14-12-,19-17-,20-18-,25-23-,26-24-,31-29-,37-35-. The van der Waals surface area contributed by atoms with Gasteiger partial charge in [-0.05, 0) is 103 Å². The molecule has 99 heavy (non-hydrogen) atoms. The van der Waals surface area contributed by atoms with Crippen LogP contribution in [0, 0.1) is 0 Å². The molecule has 0 saturated carbocycles. The number of carbonyl (C=O) groups excluding carboxylic acids is 2. The molecule has 0 aliphatic rings. The number of nitrogens with two attached hydrogens (primary N) is 1. The SMILES string of the molecule is CC/C=C\C/C=C\C/C=C\C/C=C\C/C=C\C/C=C\CCCCCCCCCCCCCCCCCCCCCCCCC(=O)OC(COC(=O)CCCCCCCCCCCCCCCCCCCCCCCCCC/C=C\C/C=C\C/C=C\C/C=C\CC)COP(=O)(O)OCCN. The lowest BCUT2D eigenvalue weighted by Crippen LogP contribution is -2.29. The van der Waals surface area contributed by atoms with Crippen LogP contribution in [-0.2, 0) is 32.7 Å². The Morgan fingerprint density at radius 1 is 0.303 bits per heavy atom. The van der Waals surface area contributed by atoms with Crippen LogP contribution in [0.1, 0.15) is 399 Å². The Kier molecular flexibility index (Phi) is 80.3. The average Bonchev–Trinajstić information content (AvgIpc) is 1.19. The van der Waals surface area contributed by atoms with Gasteiger partial charge in [0.1, 0.15) is 6.61 Å². The quantitative estimate of drug-likeness (QED) is 0.0264. The lowest BCUT2D eigenvalue weighted by atomic mass is 10.0. The van der Waals surface area contributed by atoms with E-state index in [2.05, 4.69) is 135 Å². The fourth-order valence-electron chi connectivity index (χ4n) is 12.2. The summed E-state index contributed by atoms with van der Waals surface area (Å²) in [5.74, 6) is -0.808. The molecule has 572 valence electrons. The van der Waals surface area contributed by atoms with Gasteiger partial charge in [-0.2, -0.15) is 0 Å². The molecular weight excluding hydrogens is 1240 g/mol. The number of esters is 2. The van der Waals surface area contributed by atoms with Crippen molar-refractivity contribution in [1.82, 2.24) is 0 Å². The number of hydrogen-bond acceptors (Lipinski definition) is 8. The zero-order chi connectivity index (χ0) is 71.5. The molecule has 0 heterocycles. The van der Waals surface area contributed by atoms with Crippen LogP contribution >= 0.6 is 7.82 Å². The summed E-state index contributed by atoms with van der Waals surface area (Å²) in [6.45, 7) is 3.57. The lowest BCUT2D eigenvalue weighted by molar-refractivity contribution is -0.161. The van der Waals surface area contributed by atoms with E-state index < -0.39 is 26.5 Å². The van der Waals surface area contributed by atoms with Crippen LogP contribution in [0.5, 0.6) is 0 Å². The van der Waals surface area contributed by atoms with Crippen molar-refractivity contribution in [2.45, 2.75) is 405 Å². The second kappa shape index (κ2) is 83.4. The van der Waals surface area contributed by atoms with Crippen LogP contribution < -0.4 is 5.73 Å². The van der Waals surface area contributed by atoms with Crippen molar-refractivity contribution in [3.8, 4) is 0 Å². The van der Waals surface area contributed by atoms with Crippen LogP contribution in [0.3, 0.4) is 0 Å². The molecule has 2 unspecified atom stereocenters. The van der Waals surface area contributed by atoms with Crippen LogP contribution in [0.2, 0.25) is 0 Å². The lowest BCUT2D eigenvalue weighted by Gasteiger charge is -2.19. The predicted molar refractivity (Wildman–Crippen MR) is 431 cm³/mol. The van der Waals surface area contributed by atoms with E-state index in [9.17, 15) is 19.0 Å². The molecule has 0 amide bonds. The summed E-state index contributed by atoms with van der Waals surface area (Å²) in [7, 11) is -4.40. The largest absolute Gasteiger partial charge is 0.472 e. The van der Waals surface area contributed by atoms with Gasteiger partial charge in [0.05, 0.1) is 13.2 Å². The van der Waals surface area contributed by atoms with E-state index in [0.717, 1.165) is 96.3 Å². The van der Waals surface area contributed by atoms with E-state index in [1.807, 2.05) is 0 Å². The Bertz CT molecular complexity index is 2050. The summed E-state index contributed by atoms with van der Waals surface area (Å²) in [5.41, 5.74) is 5.42. The molecule has 0 spiro atoms. The van der Waals surface area contributed by atoms with Crippen LogP contribution in [0.15, 0.2) is 122 Å². The van der Waals surface area contributed by atoms with E-state index in [0.29, 0.717) is 6.42 Å². The van der Waals surface area contributed by atoms with E-state index in [1.54, 1.807) is 0 Å². The average molecular weight is 1400 g/mol. The number of ether oxygens (including phenoxy) is 2. The summed E-state index contributed by atoms with van der Waals surface area (Å²) < 4.78 is 33.3. The second-order valence-electron chi connectivity index (χ2n) is 27.9. The normalized spacial score (nSPS) is 13.5. The number of carbonyl (C=O) groups is 2. The van der Waals surface area contributed by atoms with Gasteiger partial charge in [0.2, 0.25) is 0 Å². The molecule has 0 radical (unpaired) electrons. The van der Waals surface area contributed by atoms with Crippen LogP contribution in [-0.4, -0.2) is 49.3 Å². The molecule has 0 aromatic carbocycles. The number of rotatable bonds is 79. The smallest absolute Gasteiger partial charge is 0.462 e. The molecule has 2 atom stereocenters. The maximum Gasteiger partial charge on any atom is 0.472 e. The first-order valence-electron chi connectivity index (χ1n) is 42.0. The molecule has 3 N–H and O–H groups in total. The highest BCUT2D eigenvalue weighted by Crippen LogP contribution is 2.43. The summed E-state index contributed by atoms with van der Waals surface area (Å²) in [5, 5.41) is 0. The third kappa shape index (κ3) is 83.2. The molecule has 0 aliphatic carbocycles. The third-order valence-corrected chi connectivity index (χ3v) is 19.3. The highest BCUT2D eigenvalue weighted by atomic mass is 31.2. The number of hydrogen-bond donors (Lipinski definition) is 2. The zero-order valence-corrected chi connectivity index (χ0v) is 65.6.